The molecular formula is C16H22N2O5. The van der Waals surface area contributed by atoms with Crippen molar-refractivity contribution in [3.63, 3.8) is 0 Å². The fraction of sp³-hybridized carbons (Fsp3) is 0.438. The lowest BCUT2D eigenvalue weighted by molar-refractivity contribution is -0.138. The lowest BCUT2D eigenvalue weighted by Crippen LogP contribution is -2.45. The van der Waals surface area contributed by atoms with Gasteiger partial charge in [-0.15, -0.1) is 0 Å². The summed E-state index contributed by atoms with van der Waals surface area (Å²) in [6.45, 7) is 4.31. The standard InChI is InChI=1S/C16H22N2O5/c1-16(2,3)23-15(22)18(11-14(20)21)10-13(19)17-9-12-7-5-4-6-8-12/h4-8H,9-11H2,1-3H3,(H,17,19)(H,20,21). The predicted octanol–water partition coefficient (Wildman–Crippen LogP) is 1.62. The molecule has 7 nitrogen and oxygen atoms in total. The molecule has 0 saturated carbocycles. The zero-order chi connectivity index (χ0) is 17.5. The van der Waals surface area contributed by atoms with E-state index in [0.29, 0.717) is 6.54 Å². The zero-order valence-corrected chi connectivity index (χ0v) is 13.5. The molecule has 2 amide bonds. The van der Waals surface area contributed by atoms with Gasteiger partial charge in [-0.3, -0.25) is 14.5 Å². The Bertz CT molecular complexity index is 551. The predicted molar refractivity (Wildman–Crippen MR) is 83.7 cm³/mol. The third-order valence-corrected chi connectivity index (χ3v) is 2.64. The molecule has 2 N–H and O–H groups in total. The Morgan fingerprint density at radius 2 is 1.74 bits per heavy atom. The quantitative estimate of drug-likeness (QED) is 0.830. The van der Waals surface area contributed by atoms with Crippen molar-refractivity contribution < 1.29 is 24.2 Å². The van der Waals surface area contributed by atoms with Gasteiger partial charge in [0.1, 0.15) is 18.7 Å². The summed E-state index contributed by atoms with van der Waals surface area (Å²) in [6, 6.07) is 9.26. The van der Waals surface area contributed by atoms with Gasteiger partial charge in [0, 0.05) is 6.54 Å². The second-order valence-electron chi connectivity index (χ2n) is 5.99. The number of hydrogen-bond donors (Lipinski definition) is 2. The SMILES string of the molecule is CC(C)(C)OC(=O)N(CC(=O)O)CC(=O)NCc1ccccc1. The number of benzene rings is 1. The highest BCUT2D eigenvalue weighted by atomic mass is 16.6. The summed E-state index contributed by atoms with van der Waals surface area (Å²) in [6.07, 6.45) is -0.838. The average molecular weight is 322 g/mol. The number of nitrogens with one attached hydrogen (secondary N) is 1. The van der Waals surface area contributed by atoms with Crippen molar-refractivity contribution in [1.82, 2.24) is 10.2 Å². The first-order valence-electron chi connectivity index (χ1n) is 7.18. The van der Waals surface area contributed by atoms with Crippen LogP contribution in [0.2, 0.25) is 0 Å². The molecule has 1 aromatic carbocycles. The van der Waals surface area contributed by atoms with Crippen molar-refractivity contribution in [1.29, 1.82) is 0 Å². The number of amides is 2. The van der Waals surface area contributed by atoms with Crippen molar-refractivity contribution in [3.05, 3.63) is 35.9 Å². The Hall–Kier alpha value is -2.57. The molecule has 0 atom stereocenters. The van der Waals surface area contributed by atoms with Crippen molar-refractivity contribution in [2.75, 3.05) is 13.1 Å². The fourth-order valence-electron chi connectivity index (χ4n) is 1.70. The Morgan fingerprint density at radius 1 is 1.13 bits per heavy atom. The van der Waals surface area contributed by atoms with E-state index in [0.717, 1.165) is 10.5 Å². The highest BCUT2D eigenvalue weighted by Gasteiger charge is 2.25. The molecule has 0 heterocycles. The van der Waals surface area contributed by atoms with Gasteiger partial charge < -0.3 is 15.2 Å². The van der Waals surface area contributed by atoms with Crippen LogP contribution in [0.25, 0.3) is 0 Å². The van der Waals surface area contributed by atoms with Crippen LogP contribution in [0.5, 0.6) is 0 Å². The van der Waals surface area contributed by atoms with Crippen molar-refractivity contribution in [2.45, 2.75) is 32.9 Å². The molecule has 1 aromatic rings. The maximum Gasteiger partial charge on any atom is 0.411 e. The molecule has 126 valence electrons. The highest BCUT2D eigenvalue weighted by Crippen LogP contribution is 2.09. The Labute approximate surface area is 135 Å². The molecule has 0 aliphatic heterocycles. The van der Waals surface area contributed by atoms with E-state index >= 15 is 0 Å². The van der Waals surface area contributed by atoms with Crippen molar-refractivity contribution >= 4 is 18.0 Å². The third-order valence-electron chi connectivity index (χ3n) is 2.64. The minimum Gasteiger partial charge on any atom is -0.480 e. The van der Waals surface area contributed by atoms with Gasteiger partial charge in [0.2, 0.25) is 5.91 Å². The molecule has 0 spiro atoms. The van der Waals surface area contributed by atoms with E-state index in [2.05, 4.69) is 5.32 Å². The van der Waals surface area contributed by atoms with Crippen LogP contribution in [0.3, 0.4) is 0 Å². The maximum absolute atomic E-state index is 12.0. The third kappa shape index (κ3) is 7.85. The number of hydrogen-bond acceptors (Lipinski definition) is 4. The van der Waals surface area contributed by atoms with Gasteiger partial charge in [0.05, 0.1) is 0 Å². The first-order chi connectivity index (χ1) is 10.7. The van der Waals surface area contributed by atoms with Gasteiger partial charge >= 0.3 is 12.1 Å². The Morgan fingerprint density at radius 3 is 2.26 bits per heavy atom. The minimum atomic E-state index is -1.22. The lowest BCUT2D eigenvalue weighted by atomic mass is 10.2. The topological polar surface area (TPSA) is 95.9 Å². The summed E-state index contributed by atoms with van der Waals surface area (Å²) >= 11 is 0. The second kappa shape index (κ2) is 8.17. The van der Waals surface area contributed by atoms with Gasteiger partial charge in [-0.05, 0) is 26.3 Å². The van der Waals surface area contributed by atoms with Gasteiger partial charge in [-0.1, -0.05) is 30.3 Å². The fourth-order valence-corrected chi connectivity index (χ4v) is 1.70. The van der Waals surface area contributed by atoms with Crippen molar-refractivity contribution in [2.24, 2.45) is 0 Å². The van der Waals surface area contributed by atoms with Crippen LogP contribution < -0.4 is 5.32 Å². The summed E-state index contributed by atoms with van der Waals surface area (Å²) in [5.41, 5.74) is 0.136. The molecule has 0 fully saturated rings. The Kier molecular flexibility index (Phi) is 6.56. The van der Waals surface area contributed by atoms with Gasteiger partial charge in [-0.25, -0.2) is 4.79 Å². The normalized spacial score (nSPS) is 10.7. The smallest absolute Gasteiger partial charge is 0.411 e. The van der Waals surface area contributed by atoms with E-state index in [4.69, 9.17) is 9.84 Å². The van der Waals surface area contributed by atoms with Crippen LogP contribution in [-0.4, -0.2) is 46.7 Å². The molecule has 0 aliphatic carbocycles. The van der Waals surface area contributed by atoms with E-state index in [-0.39, 0.29) is 6.54 Å². The number of carboxylic acid groups (broad SMARTS) is 1. The van der Waals surface area contributed by atoms with Crippen molar-refractivity contribution in [3.8, 4) is 0 Å². The van der Waals surface area contributed by atoms with E-state index in [1.54, 1.807) is 20.8 Å². The largest absolute Gasteiger partial charge is 0.480 e. The van der Waals surface area contributed by atoms with Crippen LogP contribution in [0.4, 0.5) is 4.79 Å². The molecule has 0 saturated heterocycles. The number of carbonyl (C=O) groups excluding carboxylic acids is 2. The van der Waals surface area contributed by atoms with Gasteiger partial charge in [0.25, 0.3) is 0 Å². The highest BCUT2D eigenvalue weighted by molar-refractivity contribution is 5.84. The van der Waals surface area contributed by atoms with E-state index < -0.39 is 30.1 Å². The van der Waals surface area contributed by atoms with E-state index in [1.165, 1.54) is 0 Å². The average Bonchev–Trinajstić information content (AvgIpc) is 2.43. The Balaban J connectivity index is 2.60. The molecule has 0 aromatic heterocycles. The molecule has 0 bridgehead atoms. The number of carboxylic acids is 1. The monoisotopic (exact) mass is 322 g/mol. The number of carbonyl (C=O) groups is 3. The summed E-state index contributed by atoms with van der Waals surface area (Å²) in [5.74, 6) is -1.67. The van der Waals surface area contributed by atoms with Crippen LogP contribution in [0, 0.1) is 0 Å². The zero-order valence-electron chi connectivity index (χ0n) is 13.5. The summed E-state index contributed by atoms with van der Waals surface area (Å²) in [4.78, 5) is 35.6. The molecule has 23 heavy (non-hydrogen) atoms. The van der Waals surface area contributed by atoms with Crippen LogP contribution in [-0.2, 0) is 20.9 Å². The summed E-state index contributed by atoms with van der Waals surface area (Å²) < 4.78 is 5.11. The van der Waals surface area contributed by atoms with Crippen LogP contribution in [0.15, 0.2) is 30.3 Å². The second-order valence-corrected chi connectivity index (χ2v) is 5.99. The number of rotatable bonds is 6. The number of nitrogens with zero attached hydrogens (tertiary/aromatic N) is 1. The number of aliphatic carboxylic acids is 1. The maximum atomic E-state index is 12.0. The minimum absolute atomic E-state index is 0.300. The molecule has 0 unspecified atom stereocenters. The van der Waals surface area contributed by atoms with Crippen LogP contribution in [0.1, 0.15) is 26.3 Å². The van der Waals surface area contributed by atoms with Crippen LogP contribution >= 0.6 is 0 Å². The van der Waals surface area contributed by atoms with E-state index in [9.17, 15) is 14.4 Å². The molecular weight excluding hydrogens is 300 g/mol. The first kappa shape index (κ1) is 18.5. The van der Waals surface area contributed by atoms with Gasteiger partial charge in [0.15, 0.2) is 0 Å². The first-order valence-corrected chi connectivity index (χ1v) is 7.18. The molecule has 0 radical (unpaired) electrons. The van der Waals surface area contributed by atoms with E-state index in [1.807, 2.05) is 30.3 Å². The molecule has 7 heteroatoms. The molecule has 1 rings (SSSR count). The summed E-state index contributed by atoms with van der Waals surface area (Å²) in [7, 11) is 0. The summed E-state index contributed by atoms with van der Waals surface area (Å²) in [5, 5.41) is 11.5. The van der Waals surface area contributed by atoms with Gasteiger partial charge in [-0.2, -0.15) is 0 Å². The number of ether oxygens (including phenoxy) is 1. The molecule has 0 aliphatic rings. The lowest BCUT2D eigenvalue weighted by Gasteiger charge is -2.26.